The van der Waals surface area contributed by atoms with Crippen molar-refractivity contribution in [3.8, 4) is 0 Å². The standard InChI is InChI=1S/C12H15N3O2S.C7H8O3S/c1-3-6-18-8-4-5-9-10(7-8)14-11(13-9)15-12(16)17-2;1-6-2-4-7(5-3-6)11(8,9)10/h4-5,7H,3,6H2,1-2H3,(H2,13,14,15,16);2-5H,1H3,(H,8,9,10). The topological polar surface area (TPSA) is 125 Å². The number of amides is 1. The summed E-state index contributed by atoms with van der Waals surface area (Å²) in [4.78, 5) is 18.3. The predicted octanol–water partition coefficient (Wildman–Crippen LogP) is 3.56. The Morgan fingerprint density at radius 1 is 1.24 bits per heavy atom. The number of thioether (sulfide) groups is 1. The number of nitrogens with one attached hydrogen (secondary N) is 3. The fourth-order valence-corrected chi connectivity index (χ4v) is 3.54. The van der Waals surface area contributed by atoms with Crippen LogP contribution in [-0.4, -0.2) is 36.9 Å². The summed E-state index contributed by atoms with van der Waals surface area (Å²) >= 11 is 1.82. The van der Waals surface area contributed by atoms with Gasteiger partial charge in [-0.2, -0.15) is 5.32 Å². The van der Waals surface area contributed by atoms with E-state index in [1.807, 2.05) is 24.8 Å². The fraction of sp³-hybridized carbons (Fsp3) is 0.263. The summed E-state index contributed by atoms with van der Waals surface area (Å²) in [6.45, 7) is 3.98. The molecule has 3 aromatic rings. The lowest BCUT2D eigenvalue weighted by molar-refractivity contribution is -0.326. The van der Waals surface area contributed by atoms with E-state index in [2.05, 4.69) is 39.1 Å². The summed E-state index contributed by atoms with van der Waals surface area (Å²) in [6, 6.07) is 11.9. The molecule has 2 aromatic carbocycles. The molecule has 29 heavy (non-hydrogen) atoms. The van der Waals surface area contributed by atoms with Gasteiger partial charge in [0, 0.05) is 4.90 Å². The number of fused-ring (bicyclic) bond motifs is 1. The molecular weight excluding hydrogens is 414 g/mol. The number of aromatic nitrogens is 2. The van der Waals surface area contributed by atoms with Crippen molar-refractivity contribution in [1.82, 2.24) is 4.98 Å². The maximum Gasteiger partial charge on any atom is 0.476 e. The third-order valence-electron chi connectivity index (χ3n) is 3.71. The molecule has 1 amide bonds. The first-order chi connectivity index (χ1) is 13.7. The Balaban J connectivity index is 0.000000234. The average molecular weight is 438 g/mol. The molecule has 0 spiro atoms. The number of carbonyl (C=O) groups is 1. The highest BCUT2D eigenvalue weighted by Crippen LogP contribution is 2.22. The lowest BCUT2D eigenvalue weighted by atomic mass is 10.2. The van der Waals surface area contributed by atoms with Crippen LogP contribution in [0.15, 0.2) is 52.3 Å². The van der Waals surface area contributed by atoms with E-state index in [0.29, 0.717) is 5.95 Å². The lowest BCUT2D eigenvalue weighted by Gasteiger charge is -2.05. The van der Waals surface area contributed by atoms with Gasteiger partial charge in [-0.3, -0.25) is 0 Å². The van der Waals surface area contributed by atoms with E-state index in [-0.39, 0.29) is 4.90 Å². The molecule has 10 heteroatoms. The van der Waals surface area contributed by atoms with Gasteiger partial charge >= 0.3 is 12.0 Å². The Labute approximate surface area is 173 Å². The minimum absolute atomic E-state index is 0.178. The summed E-state index contributed by atoms with van der Waals surface area (Å²) in [5.74, 6) is 1.62. The number of methoxy groups -OCH3 is 1. The molecule has 3 N–H and O–H groups in total. The molecule has 0 radical (unpaired) electrons. The van der Waals surface area contributed by atoms with Crippen LogP contribution in [0.2, 0.25) is 0 Å². The Morgan fingerprint density at radius 3 is 2.52 bits per heavy atom. The Hall–Kier alpha value is -2.56. The molecule has 1 aromatic heterocycles. The summed E-state index contributed by atoms with van der Waals surface area (Å²) in [5, 5.41) is 2.56. The van der Waals surface area contributed by atoms with Gasteiger partial charge in [0.15, 0.2) is 0 Å². The molecule has 0 saturated heterocycles. The van der Waals surface area contributed by atoms with Gasteiger partial charge < -0.3 is 9.29 Å². The average Bonchev–Trinajstić information content (AvgIpc) is 3.07. The second-order valence-corrected chi connectivity index (χ2v) is 8.61. The third-order valence-corrected chi connectivity index (χ3v) is 5.75. The smallest absolute Gasteiger partial charge is 0.476 e. The van der Waals surface area contributed by atoms with Crippen LogP contribution in [0.4, 0.5) is 10.7 Å². The van der Waals surface area contributed by atoms with Crippen LogP contribution >= 0.6 is 11.8 Å². The molecule has 3 rings (SSSR count). The number of benzene rings is 2. The van der Waals surface area contributed by atoms with Crippen LogP contribution in [0.3, 0.4) is 0 Å². The van der Waals surface area contributed by atoms with Crippen molar-refractivity contribution in [1.29, 1.82) is 0 Å². The number of aromatic amines is 2. The zero-order chi connectivity index (χ0) is 21.4. The van der Waals surface area contributed by atoms with Gasteiger partial charge in [-0.05, 0) is 49.4 Å². The number of anilines is 1. The molecule has 0 bridgehead atoms. The van der Waals surface area contributed by atoms with Gasteiger partial charge in [-0.25, -0.2) is 23.2 Å². The number of imidazole rings is 1. The van der Waals surface area contributed by atoms with Gasteiger partial charge in [0.2, 0.25) is 0 Å². The van der Waals surface area contributed by atoms with E-state index in [9.17, 15) is 17.8 Å². The summed E-state index contributed by atoms with van der Waals surface area (Å²) in [5.41, 5.74) is 2.84. The van der Waals surface area contributed by atoms with Crippen LogP contribution in [-0.2, 0) is 14.9 Å². The molecular formula is C19H23N3O5S2. The summed E-state index contributed by atoms with van der Waals surface area (Å²) < 4.78 is 35.7. The van der Waals surface area contributed by atoms with E-state index < -0.39 is 16.2 Å². The molecule has 0 fully saturated rings. The van der Waals surface area contributed by atoms with Crippen LogP contribution in [0.1, 0.15) is 18.9 Å². The zero-order valence-electron chi connectivity index (χ0n) is 16.3. The molecule has 1 heterocycles. The quantitative estimate of drug-likeness (QED) is 0.464. The Kier molecular flexibility index (Phi) is 8.06. The maximum atomic E-state index is 11.1. The van der Waals surface area contributed by atoms with Gasteiger partial charge in [-0.1, -0.05) is 24.6 Å². The predicted molar refractivity (Wildman–Crippen MR) is 111 cm³/mol. The van der Waals surface area contributed by atoms with Crippen molar-refractivity contribution >= 4 is 45.0 Å². The second kappa shape index (κ2) is 10.3. The number of hydrogen-bond acceptors (Lipinski definition) is 6. The van der Waals surface area contributed by atoms with Crippen molar-refractivity contribution < 1.29 is 27.5 Å². The van der Waals surface area contributed by atoms with Crippen LogP contribution in [0, 0.1) is 6.92 Å². The minimum atomic E-state index is -4.27. The van der Waals surface area contributed by atoms with E-state index in [1.165, 1.54) is 24.1 Å². The maximum absolute atomic E-state index is 11.1. The van der Waals surface area contributed by atoms with E-state index in [1.54, 1.807) is 12.1 Å². The first-order valence-electron chi connectivity index (χ1n) is 8.78. The first kappa shape index (κ1) is 22.7. The molecule has 0 aliphatic rings. The van der Waals surface area contributed by atoms with E-state index in [4.69, 9.17) is 0 Å². The first-order valence-corrected chi connectivity index (χ1v) is 11.2. The normalized spacial score (nSPS) is 10.9. The highest BCUT2D eigenvalue weighted by Gasteiger charge is 2.13. The van der Waals surface area contributed by atoms with E-state index in [0.717, 1.165) is 28.8 Å². The molecule has 8 nitrogen and oxygen atoms in total. The number of H-pyrrole nitrogens is 2. The summed E-state index contributed by atoms with van der Waals surface area (Å²) in [6.07, 6.45) is 0.646. The second-order valence-electron chi connectivity index (χ2n) is 6.06. The van der Waals surface area contributed by atoms with Crippen LogP contribution in [0.5, 0.6) is 0 Å². The molecule has 0 unspecified atom stereocenters. The van der Waals surface area contributed by atoms with Gasteiger partial charge in [0.25, 0.3) is 0 Å². The van der Waals surface area contributed by atoms with Crippen molar-refractivity contribution in [2.75, 3.05) is 18.2 Å². The molecule has 156 valence electrons. The van der Waals surface area contributed by atoms with Crippen molar-refractivity contribution in [3.63, 3.8) is 0 Å². The number of hydrogen-bond donors (Lipinski definition) is 2. The lowest BCUT2D eigenvalue weighted by Crippen LogP contribution is -2.17. The van der Waals surface area contributed by atoms with E-state index >= 15 is 0 Å². The van der Waals surface area contributed by atoms with Gasteiger partial charge in [-0.15, -0.1) is 11.8 Å². The zero-order valence-corrected chi connectivity index (χ0v) is 17.9. The van der Waals surface area contributed by atoms with Crippen LogP contribution < -0.4 is 10.3 Å². The minimum Gasteiger partial charge on any atom is -0.744 e. The summed E-state index contributed by atoms with van der Waals surface area (Å²) in [7, 11) is -2.94. The fourth-order valence-electron chi connectivity index (χ4n) is 2.27. The number of ether oxygens (including phenoxy) is 1. The van der Waals surface area contributed by atoms with Gasteiger partial charge in [0.1, 0.15) is 21.2 Å². The number of aryl methyl sites for hydroxylation is 1. The molecule has 0 aliphatic heterocycles. The monoisotopic (exact) mass is 437 g/mol. The molecule has 0 atom stereocenters. The van der Waals surface area contributed by atoms with Crippen LogP contribution in [0.25, 0.3) is 11.0 Å². The molecule has 0 aliphatic carbocycles. The highest BCUT2D eigenvalue weighted by molar-refractivity contribution is 7.99. The largest absolute Gasteiger partial charge is 0.744 e. The SMILES string of the molecule is CCCSc1ccc2[nH+]c(NC(=O)OC)[nH]c2c1.Cc1ccc(S(=O)(=O)[O-])cc1. The Bertz CT molecular complexity index is 1060. The number of rotatable bonds is 5. The Morgan fingerprint density at radius 2 is 1.93 bits per heavy atom. The van der Waals surface area contributed by atoms with Crippen molar-refractivity contribution in [2.45, 2.75) is 30.1 Å². The van der Waals surface area contributed by atoms with Crippen molar-refractivity contribution in [2.24, 2.45) is 0 Å². The molecule has 0 saturated carbocycles. The number of carbonyl (C=O) groups excluding carboxylic acids is 1. The van der Waals surface area contributed by atoms with Gasteiger partial charge in [0.05, 0.1) is 12.0 Å². The third kappa shape index (κ3) is 7.08. The highest BCUT2D eigenvalue weighted by atomic mass is 32.2. The van der Waals surface area contributed by atoms with Crippen molar-refractivity contribution in [3.05, 3.63) is 48.0 Å².